The number of nitrogens with zero attached hydrogens (tertiary/aromatic N) is 3. The lowest BCUT2D eigenvalue weighted by atomic mass is 9.90. The van der Waals surface area contributed by atoms with Crippen LogP contribution in [0.15, 0.2) is 55.0 Å². The molecule has 0 saturated carbocycles. The summed E-state index contributed by atoms with van der Waals surface area (Å²) in [7, 11) is 1.64. The van der Waals surface area contributed by atoms with Crippen LogP contribution in [0.5, 0.6) is 5.75 Å². The summed E-state index contributed by atoms with van der Waals surface area (Å²) in [4.78, 5) is 18.9. The predicted molar refractivity (Wildman–Crippen MR) is 107 cm³/mol. The second-order valence-corrected chi connectivity index (χ2v) is 7.14. The Morgan fingerprint density at radius 1 is 1.21 bits per heavy atom. The number of methoxy groups -OCH3 is 1. The molecule has 2 aromatic heterocycles. The molecule has 1 atom stereocenters. The molecule has 144 valence electrons. The van der Waals surface area contributed by atoms with Crippen LogP contribution in [0.1, 0.15) is 30.0 Å². The highest BCUT2D eigenvalue weighted by Gasteiger charge is 2.27. The third-order valence-corrected chi connectivity index (χ3v) is 5.36. The maximum absolute atomic E-state index is 12.9. The number of rotatable bonds is 5. The fraction of sp³-hybridized carbons (Fsp3) is 0.318. The Hall–Kier alpha value is -3.15. The largest absolute Gasteiger partial charge is 0.497 e. The Labute approximate surface area is 164 Å². The minimum absolute atomic E-state index is 0.167. The van der Waals surface area contributed by atoms with Crippen molar-refractivity contribution in [2.45, 2.75) is 25.2 Å². The van der Waals surface area contributed by atoms with Gasteiger partial charge in [0, 0.05) is 42.7 Å². The van der Waals surface area contributed by atoms with Crippen molar-refractivity contribution in [3.8, 4) is 16.9 Å². The Balaban J connectivity index is 1.46. The Morgan fingerprint density at radius 2 is 2.00 bits per heavy atom. The number of hydrogen-bond acceptors (Lipinski definition) is 4. The van der Waals surface area contributed by atoms with Gasteiger partial charge in [0.2, 0.25) is 5.91 Å². The molecule has 1 aromatic carbocycles. The summed E-state index contributed by atoms with van der Waals surface area (Å²) in [6, 6.07) is 11.7. The smallest absolute Gasteiger partial charge is 0.227 e. The second-order valence-electron chi connectivity index (χ2n) is 7.14. The molecule has 6 heteroatoms. The van der Waals surface area contributed by atoms with Crippen LogP contribution in [0, 0.1) is 0 Å². The molecule has 0 unspecified atom stereocenters. The van der Waals surface area contributed by atoms with Crippen LogP contribution < -0.4 is 4.74 Å². The van der Waals surface area contributed by atoms with Gasteiger partial charge in [-0.25, -0.2) is 0 Å². The van der Waals surface area contributed by atoms with Crippen LogP contribution in [0.25, 0.3) is 11.1 Å². The number of pyridine rings is 1. The first-order valence-corrected chi connectivity index (χ1v) is 9.59. The number of aromatic nitrogens is 3. The van der Waals surface area contributed by atoms with Crippen molar-refractivity contribution in [2.24, 2.45) is 0 Å². The van der Waals surface area contributed by atoms with Gasteiger partial charge in [-0.1, -0.05) is 12.1 Å². The number of carbonyl (C=O) groups is 1. The van der Waals surface area contributed by atoms with E-state index in [0.717, 1.165) is 54.1 Å². The highest BCUT2D eigenvalue weighted by atomic mass is 16.5. The van der Waals surface area contributed by atoms with Gasteiger partial charge in [-0.15, -0.1) is 0 Å². The van der Waals surface area contributed by atoms with Gasteiger partial charge >= 0.3 is 0 Å². The Morgan fingerprint density at radius 3 is 2.75 bits per heavy atom. The third-order valence-electron chi connectivity index (χ3n) is 5.36. The van der Waals surface area contributed by atoms with Crippen LogP contribution in [-0.4, -0.2) is 46.2 Å². The van der Waals surface area contributed by atoms with Gasteiger partial charge in [-0.3, -0.25) is 14.9 Å². The summed E-state index contributed by atoms with van der Waals surface area (Å²) in [5.74, 6) is 1.23. The number of likely N-dealkylation sites (tertiary alicyclic amines) is 1. The van der Waals surface area contributed by atoms with Gasteiger partial charge in [-0.05, 0) is 48.2 Å². The van der Waals surface area contributed by atoms with E-state index in [0.29, 0.717) is 6.42 Å². The number of piperidine rings is 1. The zero-order valence-electron chi connectivity index (χ0n) is 16.0. The molecular formula is C22H24N4O2. The van der Waals surface area contributed by atoms with E-state index < -0.39 is 0 Å². The molecule has 0 aliphatic carbocycles. The van der Waals surface area contributed by atoms with Gasteiger partial charge in [-0.2, -0.15) is 5.10 Å². The summed E-state index contributed by atoms with van der Waals surface area (Å²) in [5.41, 5.74) is 4.30. The fourth-order valence-corrected chi connectivity index (χ4v) is 3.84. The quantitative estimate of drug-likeness (QED) is 0.741. The Bertz CT molecular complexity index is 921. The second kappa shape index (κ2) is 8.25. The van der Waals surface area contributed by atoms with Gasteiger partial charge in [0.15, 0.2) is 0 Å². The minimum Gasteiger partial charge on any atom is -0.497 e. The van der Waals surface area contributed by atoms with E-state index in [1.54, 1.807) is 19.5 Å². The van der Waals surface area contributed by atoms with Crippen molar-refractivity contribution >= 4 is 5.91 Å². The van der Waals surface area contributed by atoms with E-state index in [1.165, 1.54) is 0 Å². The van der Waals surface area contributed by atoms with E-state index in [-0.39, 0.29) is 11.8 Å². The monoisotopic (exact) mass is 376 g/mol. The molecule has 1 aliphatic heterocycles. The van der Waals surface area contributed by atoms with Gasteiger partial charge in [0.25, 0.3) is 0 Å². The van der Waals surface area contributed by atoms with Crippen molar-refractivity contribution in [1.29, 1.82) is 0 Å². The standard InChI is InChI=1S/C22H24N4O2/c1-28-19-6-4-16(5-7-19)13-21(27)26-12-2-3-18(15-26)22-20(14-24-25-22)17-8-10-23-11-9-17/h4-11,14,18H,2-3,12-13,15H2,1H3,(H,24,25)/t18-/m1/s1. The normalized spacial score (nSPS) is 16.8. The first kappa shape index (κ1) is 18.2. The lowest BCUT2D eigenvalue weighted by molar-refractivity contribution is -0.131. The van der Waals surface area contributed by atoms with Crippen molar-refractivity contribution in [3.05, 3.63) is 66.2 Å². The number of nitrogens with one attached hydrogen (secondary N) is 1. The molecule has 3 aromatic rings. The van der Waals surface area contributed by atoms with Gasteiger partial charge < -0.3 is 9.64 Å². The molecule has 1 fully saturated rings. The van der Waals surface area contributed by atoms with E-state index >= 15 is 0 Å². The van der Waals surface area contributed by atoms with Crippen molar-refractivity contribution in [2.75, 3.05) is 20.2 Å². The maximum Gasteiger partial charge on any atom is 0.227 e. The van der Waals surface area contributed by atoms with E-state index in [2.05, 4.69) is 15.2 Å². The third kappa shape index (κ3) is 3.91. The van der Waals surface area contributed by atoms with Crippen LogP contribution in [0.3, 0.4) is 0 Å². The number of amides is 1. The van der Waals surface area contributed by atoms with Crippen molar-refractivity contribution in [3.63, 3.8) is 0 Å². The molecule has 0 radical (unpaired) electrons. The van der Waals surface area contributed by atoms with Crippen molar-refractivity contribution in [1.82, 2.24) is 20.1 Å². The topological polar surface area (TPSA) is 71.1 Å². The molecule has 1 saturated heterocycles. The molecule has 0 spiro atoms. The summed E-state index contributed by atoms with van der Waals surface area (Å²) >= 11 is 0. The van der Waals surface area contributed by atoms with E-state index in [4.69, 9.17) is 4.74 Å². The summed E-state index contributed by atoms with van der Waals surface area (Å²) in [6.07, 6.45) is 7.90. The average molecular weight is 376 g/mol. The zero-order valence-corrected chi connectivity index (χ0v) is 16.0. The summed E-state index contributed by atoms with van der Waals surface area (Å²) in [6.45, 7) is 1.53. The summed E-state index contributed by atoms with van der Waals surface area (Å²) < 4.78 is 5.18. The zero-order chi connectivity index (χ0) is 19.3. The molecule has 1 N–H and O–H groups in total. The van der Waals surface area contributed by atoms with E-state index in [1.807, 2.05) is 47.5 Å². The number of carbonyl (C=O) groups excluding carboxylic acids is 1. The first-order chi connectivity index (χ1) is 13.7. The van der Waals surface area contributed by atoms with Crippen LogP contribution in [-0.2, 0) is 11.2 Å². The predicted octanol–water partition coefficient (Wildman–Crippen LogP) is 3.43. The molecule has 6 nitrogen and oxygen atoms in total. The SMILES string of the molecule is COc1ccc(CC(=O)N2CCC[C@@H](c3[nH]ncc3-c3ccncc3)C2)cc1. The molecule has 28 heavy (non-hydrogen) atoms. The molecule has 4 rings (SSSR count). The minimum atomic E-state index is 0.167. The number of ether oxygens (including phenoxy) is 1. The van der Waals surface area contributed by atoms with Crippen molar-refractivity contribution < 1.29 is 9.53 Å². The fourth-order valence-electron chi connectivity index (χ4n) is 3.84. The number of H-pyrrole nitrogens is 1. The average Bonchev–Trinajstić information content (AvgIpc) is 3.25. The molecule has 1 aliphatic rings. The number of aromatic amines is 1. The lowest BCUT2D eigenvalue weighted by Gasteiger charge is -2.33. The highest BCUT2D eigenvalue weighted by Crippen LogP contribution is 2.33. The van der Waals surface area contributed by atoms with Gasteiger partial charge in [0.1, 0.15) is 5.75 Å². The lowest BCUT2D eigenvalue weighted by Crippen LogP contribution is -2.40. The number of hydrogen-bond donors (Lipinski definition) is 1. The van der Waals surface area contributed by atoms with Crippen LogP contribution in [0.2, 0.25) is 0 Å². The molecule has 0 bridgehead atoms. The van der Waals surface area contributed by atoms with E-state index in [9.17, 15) is 4.79 Å². The van der Waals surface area contributed by atoms with Crippen LogP contribution in [0.4, 0.5) is 0 Å². The maximum atomic E-state index is 12.9. The molecule has 3 heterocycles. The summed E-state index contributed by atoms with van der Waals surface area (Å²) in [5, 5.41) is 7.44. The first-order valence-electron chi connectivity index (χ1n) is 9.59. The number of benzene rings is 1. The Kier molecular flexibility index (Phi) is 5.37. The van der Waals surface area contributed by atoms with Crippen LogP contribution >= 0.6 is 0 Å². The molecule has 1 amide bonds. The molecular weight excluding hydrogens is 352 g/mol. The highest BCUT2D eigenvalue weighted by molar-refractivity contribution is 5.79. The van der Waals surface area contributed by atoms with Gasteiger partial charge in [0.05, 0.1) is 19.7 Å².